The number of aryl methyl sites for hydroxylation is 1. The number of ether oxygens (including phenoxy) is 1. The first kappa shape index (κ1) is 21.2. The fourth-order valence-corrected chi connectivity index (χ4v) is 4.59. The van der Waals surface area contributed by atoms with E-state index in [1.165, 1.54) is 23.8 Å². The molecule has 3 heterocycles. The first-order chi connectivity index (χ1) is 15.1. The molecule has 4 rings (SSSR count). The smallest absolute Gasteiger partial charge is 0.225 e. The summed E-state index contributed by atoms with van der Waals surface area (Å²) in [6, 6.07) is 7.47. The molecule has 2 aromatic heterocycles. The molecule has 0 aliphatic carbocycles. The van der Waals surface area contributed by atoms with Crippen molar-refractivity contribution in [3.63, 3.8) is 0 Å². The average molecular weight is 438 g/mol. The van der Waals surface area contributed by atoms with E-state index in [2.05, 4.69) is 27.2 Å². The molecule has 0 bridgehead atoms. The summed E-state index contributed by atoms with van der Waals surface area (Å²) in [5.41, 5.74) is 2.97. The summed E-state index contributed by atoms with van der Waals surface area (Å²) >= 11 is 1.72. The Morgan fingerprint density at radius 3 is 2.55 bits per heavy atom. The maximum Gasteiger partial charge on any atom is 0.225 e. The fourth-order valence-electron chi connectivity index (χ4n) is 3.61. The molecule has 0 saturated carbocycles. The molecule has 0 N–H and O–H groups in total. The molecule has 0 radical (unpaired) electrons. The van der Waals surface area contributed by atoms with Gasteiger partial charge in [-0.2, -0.15) is 0 Å². The Kier molecular flexibility index (Phi) is 6.76. The molecule has 8 heteroatoms. The van der Waals surface area contributed by atoms with Crippen molar-refractivity contribution in [3.8, 4) is 5.75 Å². The maximum atomic E-state index is 11.1. The van der Waals surface area contributed by atoms with Crippen LogP contribution in [0.4, 0.5) is 5.95 Å². The zero-order valence-electron chi connectivity index (χ0n) is 17.9. The van der Waals surface area contributed by atoms with E-state index in [-0.39, 0.29) is 0 Å². The molecule has 3 aromatic rings. The number of benzene rings is 1. The van der Waals surface area contributed by atoms with Gasteiger partial charge >= 0.3 is 0 Å². The van der Waals surface area contributed by atoms with Gasteiger partial charge in [-0.3, -0.25) is 0 Å². The minimum absolute atomic E-state index is 0.442. The molecule has 0 amide bonds. The SMILES string of the molecule is CCc1cnc(N2CCC(c3nc(COc4ccc(/C=[N+](/C)[O-])cc4)cs3)CC2)nc1. The van der Waals surface area contributed by atoms with Crippen LogP contribution >= 0.6 is 11.3 Å². The van der Waals surface area contributed by atoms with E-state index in [9.17, 15) is 5.21 Å². The Morgan fingerprint density at radius 1 is 1.19 bits per heavy atom. The van der Waals surface area contributed by atoms with Crippen LogP contribution in [0.25, 0.3) is 0 Å². The standard InChI is InChI=1S/C23H27N5O2S/c1-3-17-12-24-23(25-13-17)28-10-8-19(9-11-28)22-26-20(16-31-22)15-30-21-6-4-18(5-7-21)14-27(2)29/h4-7,12-14,16,19H,3,8-11,15H2,1-2H3/b27-14-. The van der Waals surface area contributed by atoms with Gasteiger partial charge < -0.3 is 14.8 Å². The van der Waals surface area contributed by atoms with Crippen molar-refractivity contribution in [1.29, 1.82) is 0 Å². The fraction of sp³-hybridized carbons (Fsp3) is 0.391. The van der Waals surface area contributed by atoms with Gasteiger partial charge in [-0.15, -0.1) is 11.3 Å². The molecule has 162 valence electrons. The lowest BCUT2D eigenvalue weighted by Crippen LogP contribution is -2.34. The third-order valence-electron chi connectivity index (χ3n) is 5.39. The van der Waals surface area contributed by atoms with Crippen LogP contribution < -0.4 is 9.64 Å². The predicted molar refractivity (Wildman–Crippen MR) is 123 cm³/mol. The zero-order valence-corrected chi connectivity index (χ0v) is 18.7. The molecule has 0 spiro atoms. The summed E-state index contributed by atoms with van der Waals surface area (Å²) in [6.07, 6.45) is 8.44. The highest BCUT2D eigenvalue weighted by atomic mass is 32.1. The van der Waals surface area contributed by atoms with Gasteiger partial charge in [-0.25, -0.2) is 19.7 Å². The molecule has 1 aliphatic rings. The molecule has 1 aliphatic heterocycles. The normalized spacial score (nSPS) is 15.3. The van der Waals surface area contributed by atoms with Crippen LogP contribution in [0.5, 0.6) is 5.75 Å². The van der Waals surface area contributed by atoms with Crippen LogP contribution in [0, 0.1) is 5.21 Å². The predicted octanol–water partition coefficient (Wildman–Crippen LogP) is 4.02. The monoisotopic (exact) mass is 437 g/mol. The highest BCUT2D eigenvalue weighted by Gasteiger charge is 2.24. The number of thiazole rings is 1. The van der Waals surface area contributed by atoms with E-state index in [4.69, 9.17) is 9.72 Å². The summed E-state index contributed by atoms with van der Waals surface area (Å²) in [6.45, 7) is 4.45. The zero-order chi connectivity index (χ0) is 21.6. The Balaban J connectivity index is 1.28. The Hall–Kier alpha value is -3.00. The molecule has 31 heavy (non-hydrogen) atoms. The van der Waals surface area contributed by atoms with Crippen LogP contribution in [0.15, 0.2) is 42.0 Å². The van der Waals surface area contributed by atoms with Crippen LogP contribution in [0.1, 0.15) is 47.5 Å². The number of piperidine rings is 1. The van der Waals surface area contributed by atoms with Crippen molar-refractivity contribution < 1.29 is 9.48 Å². The minimum Gasteiger partial charge on any atom is -0.624 e. The van der Waals surface area contributed by atoms with Crippen LogP contribution in [-0.2, 0) is 13.0 Å². The quantitative estimate of drug-likeness (QED) is 0.240. The molecular weight excluding hydrogens is 410 g/mol. The summed E-state index contributed by atoms with van der Waals surface area (Å²) < 4.78 is 6.64. The number of hydroxylamine groups is 1. The highest BCUT2D eigenvalue weighted by molar-refractivity contribution is 7.09. The topological polar surface area (TPSA) is 77.2 Å². The number of anilines is 1. The van der Waals surface area contributed by atoms with E-state index in [1.807, 2.05) is 36.7 Å². The number of aromatic nitrogens is 3. The van der Waals surface area contributed by atoms with Gasteiger partial charge in [0.05, 0.1) is 10.7 Å². The van der Waals surface area contributed by atoms with Crippen molar-refractivity contribution in [1.82, 2.24) is 15.0 Å². The van der Waals surface area contributed by atoms with E-state index >= 15 is 0 Å². The van der Waals surface area contributed by atoms with Gasteiger partial charge in [-0.05, 0) is 49.1 Å². The Morgan fingerprint density at radius 2 is 1.90 bits per heavy atom. The van der Waals surface area contributed by atoms with Gasteiger partial charge in [0.1, 0.15) is 19.4 Å². The Bertz CT molecular complexity index is 1010. The van der Waals surface area contributed by atoms with Crippen molar-refractivity contribution >= 4 is 23.5 Å². The minimum atomic E-state index is 0.442. The first-order valence-corrected chi connectivity index (χ1v) is 11.5. The second-order valence-corrected chi connectivity index (χ2v) is 8.61. The lowest BCUT2D eigenvalue weighted by atomic mass is 9.98. The van der Waals surface area contributed by atoms with Crippen molar-refractivity contribution in [2.45, 2.75) is 38.7 Å². The average Bonchev–Trinajstić information content (AvgIpc) is 3.28. The van der Waals surface area contributed by atoms with E-state index in [1.54, 1.807) is 11.3 Å². The highest BCUT2D eigenvalue weighted by Crippen LogP contribution is 2.31. The van der Waals surface area contributed by atoms with E-state index < -0.39 is 0 Å². The Labute approximate surface area is 186 Å². The van der Waals surface area contributed by atoms with Crippen molar-refractivity contribution in [2.75, 3.05) is 25.0 Å². The summed E-state index contributed by atoms with van der Waals surface area (Å²) in [7, 11) is 1.46. The van der Waals surface area contributed by atoms with Gasteiger partial charge in [-0.1, -0.05) is 6.92 Å². The van der Waals surface area contributed by atoms with Gasteiger partial charge in [0.2, 0.25) is 5.95 Å². The molecule has 7 nitrogen and oxygen atoms in total. The second-order valence-electron chi connectivity index (χ2n) is 7.72. The summed E-state index contributed by atoms with van der Waals surface area (Å²) in [5, 5.41) is 14.3. The lowest BCUT2D eigenvalue weighted by Gasteiger charge is -2.31. The van der Waals surface area contributed by atoms with Crippen molar-refractivity contribution in [3.05, 3.63) is 69.1 Å². The van der Waals surface area contributed by atoms with Gasteiger partial charge in [0.15, 0.2) is 6.21 Å². The van der Waals surface area contributed by atoms with Gasteiger partial charge in [0, 0.05) is 42.3 Å². The van der Waals surface area contributed by atoms with Crippen LogP contribution in [0.3, 0.4) is 0 Å². The van der Waals surface area contributed by atoms with E-state index in [0.717, 1.165) is 60.0 Å². The first-order valence-electron chi connectivity index (χ1n) is 10.6. The second kappa shape index (κ2) is 9.87. The third-order valence-corrected chi connectivity index (χ3v) is 6.45. The van der Waals surface area contributed by atoms with Crippen LogP contribution in [-0.4, -0.2) is 46.0 Å². The lowest BCUT2D eigenvalue weighted by molar-refractivity contribution is -0.416. The number of rotatable bonds is 7. The molecule has 1 aromatic carbocycles. The molecular formula is C23H27N5O2S. The number of hydrogen-bond donors (Lipinski definition) is 0. The van der Waals surface area contributed by atoms with Crippen molar-refractivity contribution in [2.24, 2.45) is 0 Å². The molecule has 0 unspecified atom stereocenters. The summed E-state index contributed by atoms with van der Waals surface area (Å²) in [5.74, 6) is 2.07. The molecule has 1 fully saturated rings. The van der Waals surface area contributed by atoms with Crippen LogP contribution in [0.2, 0.25) is 0 Å². The molecule has 0 atom stereocenters. The van der Waals surface area contributed by atoms with E-state index in [0.29, 0.717) is 12.5 Å². The largest absolute Gasteiger partial charge is 0.624 e. The summed E-state index contributed by atoms with van der Waals surface area (Å²) in [4.78, 5) is 16.1. The number of hydrogen-bond acceptors (Lipinski definition) is 7. The molecule has 1 saturated heterocycles. The van der Waals surface area contributed by atoms with Gasteiger partial charge in [0.25, 0.3) is 0 Å². The number of nitrogens with zero attached hydrogens (tertiary/aromatic N) is 5. The third kappa shape index (κ3) is 5.58. The maximum absolute atomic E-state index is 11.1.